The molecule has 0 radical (unpaired) electrons. The molecule has 1 amide bonds. The van der Waals surface area contributed by atoms with Crippen LogP contribution in [0, 0.1) is 24.6 Å². The Morgan fingerprint density at radius 3 is 2.56 bits per heavy atom. The van der Waals surface area contributed by atoms with Gasteiger partial charge in [0.25, 0.3) is 0 Å². The van der Waals surface area contributed by atoms with Crippen LogP contribution in [0.2, 0.25) is 0 Å². The summed E-state index contributed by atoms with van der Waals surface area (Å²) < 4.78 is 13.2. The molecular weight excluding hydrogens is 231 g/mol. The third-order valence-electron chi connectivity index (χ3n) is 2.72. The molecule has 0 fully saturated rings. The van der Waals surface area contributed by atoms with E-state index in [9.17, 15) is 9.18 Å². The first-order valence-corrected chi connectivity index (χ1v) is 6.20. The van der Waals surface area contributed by atoms with E-state index in [0.717, 1.165) is 12.0 Å². The lowest BCUT2D eigenvalue weighted by Crippen LogP contribution is -2.30. The predicted molar refractivity (Wildman–Crippen MR) is 71.8 cm³/mol. The third kappa shape index (κ3) is 4.45. The molecule has 1 unspecified atom stereocenters. The van der Waals surface area contributed by atoms with Crippen LogP contribution in [-0.2, 0) is 4.79 Å². The van der Waals surface area contributed by atoms with E-state index in [-0.39, 0.29) is 17.6 Å². The number of aryl methyl sites for hydroxylation is 1. The number of anilines is 1. The first-order valence-electron chi connectivity index (χ1n) is 6.20. The van der Waals surface area contributed by atoms with Gasteiger partial charge in [-0.15, -0.1) is 0 Å². The van der Waals surface area contributed by atoms with Crippen LogP contribution in [0.25, 0.3) is 0 Å². The van der Waals surface area contributed by atoms with Gasteiger partial charge in [-0.05, 0) is 43.0 Å². The zero-order chi connectivity index (χ0) is 13.7. The number of halogens is 1. The normalized spacial score (nSPS) is 12.6. The number of carbonyl (C=O) groups is 1. The minimum Gasteiger partial charge on any atom is -0.330 e. The van der Waals surface area contributed by atoms with Gasteiger partial charge in [-0.2, -0.15) is 0 Å². The van der Waals surface area contributed by atoms with Gasteiger partial charge in [0.05, 0.1) is 5.92 Å². The van der Waals surface area contributed by atoms with Crippen molar-refractivity contribution in [3.63, 3.8) is 0 Å². The van der Waals surface area contributed by atoms with Crippen LogP contribution >= 0.6 is 0 Å². The fourth-order valence-corrected chi connectivity index (χ4v) is 1.93. The number of carbonyl (C=O) groups excluding carboxylic acids is 1. The highest BCUT2D eigenvalue weighted by atomic mass is 19.1. The lowest BCUT2D eigenvalue weighted by Gasteiger charge is -2.17. The van der Waals surface area contributed by atoms with Crippen LogP contribution in [0.5, 0.6) is 0 Å². The van der Waals surface area contributed by atoms with Gasteiger partial charge >= 0.3 is 0 Å². The number of amides is 1. The van der Waals surface area contributed by atoms with Crippen molar-refractivity contribution in [3.05, 3.63) is 29.6 Å². The minimum atomic E-state index is -0.349. The van der Waals surface area contributed by atoms with E-state index in [0.29, 0.717) is 18.2 Å². The molecule has 0 spiro atoms. The summed E-state index contributed by atoms with van der Waals surface area (Å²) in [6.45, 7) is 6.18. The number of hydrogen-bond donors (Lipinski definition) is 2. The maximum absolute atomic E-state index is 13.2. The van der Waals surface area contributed by atoms with Gasteiger partial charge in [-0.3, -0.25) is 4.79 Å². The lowest BCUT2D eigenvalue weighted by atomic mass is 9.96. The van der Waals surface area contributed by atoms with Crippen LogP contribution in [0.3, 0.4) is 0 Å². The van der Waals surface area contributed by atoms with E-state index in [2.05, 4.69) is 5.32 Å². The summed E-state index contributed by atoms with van der Waals surface area (Å²) in [5.74, 6) is -0.318. The average Bonchev–Trinajstić information content (AvgIpc) is 2.23. The van der Waals surface area contributed by atoms with Crippen molar-refractivity contribution in [2.45, 2.75) is 27.2 Å². The van der Waals surface area contributed by atoms with Crippen molar-refractivity contribution >= 4 is 11.6 Å². The molecule has 0 aliphatic rings. The second-order valence-electron chi connectivity index (χ2n) is 5.07. The first-order chi connectivity index (χ1) is 8.42. The fraction of sp³-hybridized carbons (Fsp3) is 0.500. The van der Waals surface area contributed by atoms with Gasteiger partial charge in [0.1, 0.15) is 5.82 Å². The van der Waals surface area contributed by atoms with Gasteiger partial charge in [0.15, 0.2) is 0 Å². The maximum atomic E-state index is 13.2. The van der Waals surface area contributed by atoms with Crippen LogP contribution in [0.1, 0.15) is 25.8 Å². The van der Waals surface area contributed by atoms with Gasteiger partial charge in [-0.1, -0.05) is 13.8 Å². The predicted octanol–water partition coefficient (Wildman–Crippen LogP) is 2.69. The summed E-state index contributed by atoms with van der Waals surface area (Å²) in [5.41, 5.74) is 6.86. The second-order valence-corrected chi connectivity index (χ2v) is 5.07. The highest BCUT2D eigenvalue weighted by Gasteiger charge is 2.18. The van der Waals surface area contributed by atoms with Crippen molar-refractivity contribution in [1.29, 1.82) is 0 Å². The number of rotatable bonds is 5. The molecule has 3 N–H and O–H groups in total. The molecule has 0 aliphatic carbocycles. The SMILES string of the molecule is Cc1cc(F)cc(NC(=O)C(CN)CC(C)C)c1. The molecule has 0 bridgehead atoms. The zero-order valence-corrected chi connectivity index (χ0v) is 11.2. The van der Waals surface area contributed by atoms with Crippen LogP contribution in [0.4, 0.5) is 10.1 Å². The standard InChI is InChI=1S/C14H21FN2O/c1-9(2)4-11(8-16)14(18)17-13-6-10(3)5-12(15)7-13/h5-7,9,11H,4,8,16H2,1-3H3,(H,17,18). The first kappa shape index (κ1) is 14.6. The molecule has 0 aliphatic heterocycles. The van der Waals surface area contributed by atoms with Crippen LogP contribution < -0.4 is 11.1 Å². The zero-order valence-electron chi connectivity index (χ0n) is 11.2. The molecule has 18 heavy (non-hydrogen) atoms. The fourth-order valence-electron chi connectivity index (χ4n) is 1.93. The Morgan fingerprint density at radius 1 is 1.39 bits per heavy atom. The number of hydrogen-bond acceptors (Lipinski definition) is 2. The Labute approximate surface area is 108 Å². The smallest absolute Gasteiger partial charge is 0.228 e. The Hall–Kier alpha value is -1.42. The van der Waals surface area contributed by atoms with Gasteiger partial charge in [-0.25, -0.2) is 4.39 Å². The Bertz CT molecular complexity index is 398. The van der Waals surface area contributed by atoms with Crippen LogP contribution in [-0.4, -0.2) is 12.5 Å². The number of nitrogens with one attached hydrogen (secondary N) is 1. The van der Waals surface area contributed by atoms with E-state index in [4.69, 9.17) is 5.73 Å². The summed E-state index contributed by atoms with van der Waals surface area (Å²) in [6.07, 6.45) is 0.733. The minimum absolute atomic E-state index is 0.142. The largest absolute Gasteiger partial charge is 0.330 e. The van der Waals surface area contributed by atoms with E-state index in [1.165, 1.54) is 12.1 Å². The molecule has 0 saturated heterocycles. The van der Waals surface area contributed by atoms with E-state index >= 15 is 0 Å². The quantitative estimate of drug-likeness (QED) is 0.846. The second kappa shape index (κ2) is 6.50. The molecule has 3 nitrogen and oxygen atoms in total. The molecule has 0 heterocycles. The van der Waals surface area contributed by atoms with Gasteiger partial charge in [0.2, 0.25) is 5.91 Å². The van der Waals surface area contributed by atoms with Crippen molar-refractivity contribution in [2.75, 3.05) is 11.9 Å². The summed E-state index contributed by atoms with van der Waals surface area (Å²) in [5, 5.41) is 2.72. The van der Waals surface area contributed by atoms with Crippen molar-refractivity contribution in [3.8, 4) is 0 Å². The van der Waals surface area contributed by atoms with Crippen molar-refractivity contribution < 1.29 is 9.18 Å². The Morgan fingerprint density at radius 2 is 2.06 bits per heavy atom. The molecule has 0 aromatic heterocycles. The molecule has 100 valence electrons. The Kier molecular flexibility index (Phi) is 5.28. The van der Waals surface area contributed by atoms with Gasteiger partial charge in [0, 0.05) is 12.2 Å². The van der Waals surface area contributed by atoms with E-state index < -0.39 is 0 Å². The number of nitrogens with two attached hydrogens (primary N) is 1. The Balaban J connectivity index is 2.73. The molecule has 1 atom stereocenters. The van der Waals surface area contributed by atoms with E-state index in [1.54, 1.807) is 13.0 Å². The van der Waals surface area contributed by atoms with Crippen molar-refractivity contribution in [2.24, 2.45) is 17.6 Å². The maximum Gasteiger partial charge on any atom is 0.228 e. The summed E-state index contributed by atoms with van der Waals surface area (Å²) in [7, 11) is 0. The average molecular weight is 252 g/mol. The number of benzene rings is 1. The molecule has 4 heteroatoms. The molecule has 1 aromatic rings. The van der Waals surface area contributed by atoms with E-state index in [1.807, 2.05) is 13.8 Å². The molecule has 1 rings (SSSR count). The summed E-state index contributed by atoms with van der Waals surface area (Å²) in [6, 6.07) is 4.47. The highest BCUT2D eigenvalue weighted by Crippen LogP contribution is 2.17. The molecular formula is C14H21FN2O. The monoisotopic (exact) mass is 252 g/mol. The van der Waals surface area contributed by atoms with Crippen LogP contribution in [0.15, 0.2) is 18.2 Å². The summed E-state index contributed by atoms with van der Waals surface area (Å²) in [4.78, 5) is 12.0. The molecule has 0 saturated carbocycles. The third-order valence-corrected chi connectivity index (χ3v) is 2.72. The highest BCUT2D eigenvalue weighted by molar-refractivity contribution is 5.92. The van der Waals surface area contributed by atoms with Crippen molar-refractivity contribution in [1.82, 2.24) is 0 Å². The van der Waals surface area contributed by atoms with Gasteiger partial charge < -0.3 is 11.1 Å². The molecule has 1 aromatic carbocycles. The summed E-state index contributed by atoms with van der Waals surface area (Å²) >= 11 is 0. The lowest BCUT2D eigenvalue weighted by molar-refractivity contribution is -0.120. The topological polar surface area (TPSA) is 55.1 Å².